The quantitative estimate of drug-likeness (QED) is 0.485. The number of para-hydroxylation sites is 1. The lowest BCUT2D eigenvalue weighted by atomic mass is 10.2. The number of nitrogens with zero attached hydrogens (tertiary/aromatic N) is 2. The van der Waals surface area contributed by atoms with Gasteiger partial charge in [-0.3, -0.25) is 9.69 Å². The number of carboxylic acid groups (broad SMARTS) is 1. The Bertz CT molecular complexity index is 1190. The Kier molecular flexibility index (Phi) is 5.04. The van der Waals surface area contributed by atoms with Gasteiger partial charge >= 0.3 is 5.97 Å². The Hall–Kier alpha value is -3.23. The average Bonchev–Trinajstić information content (AvgIpc) is 3.26. The second-order valence-corrected chi connectivity index (χ2v) is 7.80. The molecule has 3 aromatic rings. The average molecular weight is 424 g/mol. The number of amides is 1. The van der Waals surface area contributed by atoms with Crippen LogP contribution in [0.2, 0.25) is 0 Å². The molecule has 1 aliphatic rings. The smallest absolute Gasteiger partial charge is 0.335 e. The number of aromatic carboxylic acids is 1. The molecule has 1 N–H and O–H groups in total. The molecule has 29 heavy (non-hydrogen) atoms. The van der Waals surface area contributed by atoms with Gasteiger partial charge in [-0.05, 0) is 48.5 Å². The fraction of sp³-hybridized carbons (Fsp3) is 0. The number of carbonyl (C=O) groups is 2. The molecule has 8 heteroatoms. The minimum Gasteiger partial charge on any atom is -0.478 e. The number of hydrogen-bond acceptors (Lipinski definition) is 4. The predicted octanol–water partition coefficient (Wildman–Crippen LogP) is 4.72. The van der Waals surface area contributed by atoms with Gasteiger partial charge in [0.25, 0.3) is 5.91 Å². The van der Waals surface area contributed by atoms with E-state index in [9.17, 15) is 19.1 Å². The van der Waals surface area contributed by atoms with Crippen molar-refractivity contribution in [2.45, 2.75) is 0 Å². The van der Waals surface area contributed by atoms with Gasteiger partial charge in [0, 0.05) is 11.9 Å². The molecule has 144 valence electrons. The number of hydrogen-bond donors (Lipinski definition) is 1. The first-order valence-corrected chi connectivity index (χ1v) is 9.72. The molecule has 1 amide bonds. The number of carboxylic acids is 1. The molecule has 5 nitrogen and oxygen atoms in total. The van der Waals surface area contributed by atoms with Crippen LogP contribution in [0.15, 0.2) is 71.8 Å². The minimum absolute atomic E-state index is 0.0639. The highest BCUT2D eigenvalue weighted by molar-refractivity contribution is 8.27. The third kappa shape index (κ3) is 3.59. The van der Waals surface area contributed by atoms with E-state index in [0.717, 1.165) is 11.8 Å². The van der Waals surface area contributed by atoms with Crippen LogP contribution in [0.4, 0.5) is 10.1 Å². The summed E-state index contributed by atoms with van der Waals surface area (Å²) in [5, 5.41) is 9.18. The van der Waals surface area contributed by atoms with Crippen molar-refractivity contribution in [2.75, 3.05) is 4.90 Å². The maximum Gasteiger partial charge on any atom is 0.335 e. The first-order chi connectivity index (χ1) is 14.0. The van der Waals surface area contributed by atoms with Crippen LogP contribution in [0.1, 0.15) is 16.1 Å². The van der Waals surface area contributed by atoms with E-state index in [4.69, 9.17) is 12.2 Å². The zero-order valence-corrected chi connectivity index (χ0v) is 16.4. The van der Waals surface area contributed by atoms with Crippen LogP contribution in [0.5, 0.6) is 0 Å². The summed E-state index contributed by atoms with van der Waals surface area (Å²) in [4.78, 5) is 25.8. The molecular formula is C21H13FN2O3S2. The molecule has 0 unspecified atom stereocenters. The Morgan fingerprint density at radius 2 is 1.90 bits per heavy atom. The summed E-state index contributed by atoms with van der Waals surface area (Å²) in [6, 6.07) is 15.9. The Labute approximate surface area is 175 Å². The highest BCUT2D eigenvalue weighted by Gasteiger charge is 2.33. The lowest BCUT2D eigenvalue weighted by Crippen LogP contribution is -2.27. The summed E-state index contributed by atoms with van der Waals surface area (Å²) in [7, 11) is 0. The fourth-order valence-corrected chi connectivity index (χ4v) is 4.26. The van der Waals surface area contributed by atoms with E-state index in [2.05, 4.69) is 0 Å². The van der Waals surface area contributed by atoms with Crippen molar-refractivity contribution >= 4 is 51.9 Å². The van der Waals surface area contributed by atoms with Gasteiger partial charge in [0.15, 0.2) is 4.32 Å². The van der Waals surface area contributed by atoms with Crippen LogP contribution >= 0.6 is 24.0 Å². The van der Waals surface area contributed by atoms with Crippen LogP contribution < -0.4 is 4.90 Å². The largest absolute Gasteiger partial charge is 0.478 e. The molecule has 0 aliphatic carbocycles. The summed E-state index contributed by atoms with van der Waals surface area (Å²) in [5.41, 5.74) is 1.44. The lowest BCUT2D eigenvalue weighted by molar-refractivity contribution is -0.113. The number of rotatable bonds is 4. The summed E-state index contributed by atoms with van der Waals surface area (Å²) in [5.74, 6) is -1.82. The SMILES string of the molecule is O=C(O)c1cccc(N2C(=O)/C(=C/c3cccn3-c3ccccc3F)SC2=S)c1. The van der Waals surface area contributed by atoms with Gasteiger partial charge in [0.05, 0.1) is 21.8 Å². The Morgan fingerprint density at radius 1 is 1.10 bits per heavy atom. The summed E-state index contributed by atoms with van der Waals surface area (Å²) in [6.07, 6.45) is 3.36. The van der Waals surface area contributed by atoms with E-state index < -0.39 is 5.97 Å². The third-order valence-corrected chi connectivity index (χ3v) is 5.62. The van der Waals surface area contributed by atoms with Gasteiger partial charge in [-0.15, -0.1) is 0 Å². The predicted molar refractivity (Wildman–Crippen MR) is 115 cm³/mol. The molecule has 0 saturated carbocycles. The van der Waals surface area contributed by atoms with Crippen LogP contribution in [0, 0.1) is 5.82 Å². The number of halogens is 1. The van der Waals surface area contributed by atoms with Gasteiger partial charge in [0.1, 0.15) is 5.82 Å². The van der Waals surface area contributed by atoms with Gasteiger partial charge in [-0.25, -0.2) is 9.18 Å². The number of anilines is 1. The van der Waals surface area contributed by atoms with Crippen molar-refractivity contribution in [2.24, 2.45) is 0 Å². The molecule has 0 radical (unpaired) electrons. The van der Waals surface area contributed by atoms with Crippen molar-refractivity contribution in [1.29, 1.82) is 0 Å². The minimum atomic E-state index is -1.09. The monoisotopic (exact) mass is 424 g/mol. The summed E-state index contributed by atoms with van der Waals surface area (Å²) in [6.45, 7) is 0. The number of benzene rings is 2. The van der Waals surface area contributed by atoms with E-state index in [1.165, 1.54) is 23.1 Å². The van der Waals surface area contributed by atoms with E-state index in [0.29, 0.717) is 26.3 Å². The van der Waals surface area contributed by atoms with Crippen molar-refractivity contribution < 1.29 is 19.1 Å². The van der Waals surface area contributed by atoms with Crippen molar-refractivity contribution in [1.82, 2.24) is 4.57 Å². The zero-order chi connectivity index (χ0) is 20.5. The molecule has 0 atom stereocenters. The Balaban J connectivity index is 1.70. The molecule has 0 spiro atoms. The van der Waals surface area contributed by atoms with Crippen molar-refractivity contribution in [3.63, 3.8) is 0 Å². The second-order valence-electron chi connectivity index (χ2n) is 6.13. The fourth-order valence-electron chi connectivity index (χ4n) is 2.98. The maximum absolute atomic E-state index is 14.2. The third-order valence-electron chi connectivity index (χ3n) is 4.32. The summed E-state index contributed by atoms with van der Waals surface area (Å²) >= 11 is 6.45. The highest BCUT2D eigenvalue weighted by Crippen LogP contribution is 2.36. The molecular weight excluding hydrogens is 411 g/mol. The Morgan fingerprint density at radius 3 is 2.66 bits per heavy atom. The van der Waals surface area contributed by atoms with Crippen LogP contribution in [0.3, 0.4) is 0 Å². The van der Waals surface area contributed by atoms with Gasteiger partial charge in [-0.2, -0.15) is 0 Å². The number of aromatic nitrogens is 1. The van der Waals surface area contributed by atoms with Crippen LogP contribution in [-0.2, 0) is 4.79 Å². The van der Waals surface area contributed by atoms with Crippen LogP contribution in [0.25, 0.3) is 11.8 Å². The first kappa shape index (κ1) is 19.1. The van der Waals surface area contributed by atoms with Crippen molar-refractivity contribution in [3.8, 4) is 5.69 Å². The van der Waals surface area contributed by atoms with Crippen LogP contribution in [-0.4, -0.2) is 25.9 Å². The first-order valence-electron chi connectivity index (χ1n) is 8.49. The van der Waals surface area contributed by atoms with E-state index >= 15 is 0 Å². The van der Waals surface area contributed by atoms with Gasteiger partial charge in [0.2, 0.25) is 0 Å². The van der Waals surface area contributed by atoms with Gasteiger partial charge in [-0.1, -0.05) is 42.2 Å². The normalized spacial score (nSPS) is 15.3. The molecule has 2 aromatic carbocycles. The second kappa shape index (κ2) is 7.65. The molecule has 4 rings (SSSR count). The maximum atomic E-state index is 14.2. The molecule has 0 bridgehead atoms. The molecule has 1 aromatic heterocycles. The zero-order valence-electron chi connectivity index (χ0n) is 14.8. The summed E-state index contributed by atoms with van der Waals surface area (Å²) < 4.78 is 16.1. The van der Waals surface area contributed by atoms with E-state index in [1.54, 1.807) is 59.3 Å². The highest BCUT2D eigenvalue weighted by atomic mass is 32.2. The number of thioether (sulfide) groups is 1. The standard InChI is InChI=1S/C21H13FN2O3S2/c22-16-8-1-2-9-17(16)23-10-4-7-14(23)12-18-19(25)24(21(28)29-18)15-6-3-5-13(11-15)20(26)27/h1-12H,(H,26,27)/b18-12-. The topological polar surface area (TPSA) is 62.5 Å². The number of carbonyl (C=O) groups excluding carboxylic acids is 1. The van der Waals surface area contributed by atoms with E-state index in [-0.39, 0.29) is 17.3 Å². The lowest BCUT2D eigenvalue weighted by Gasteiger charge is -2.14. The molecule has 1 fully saturated rings. The van der Waals surface area contributed by atoms with Crippen molar-refractivity contribution in [3.05, 3.63) is 88.8 Å². The van der Waals surface area contributed by atoms with E-state index in [1.807, 2.05) is 0 Å². The molecule has 1 saturated heterocycles. The molecule has 2 heterocycles. The number of thiocarbonyl (C=S) groups is 1. The van der Waals surface area contributed by atoms with Gasteiger partial charge < -0.3 is 9.67 Å². The molecule has 1 aliphatic heterocycles.